The number of aromatic amines is 1. The molecule has 0 saturated carbocycles. The van der Waals surface area contributed by atoms with Gasteiger partial charge in [0.15, 0.2) is 0 Å². The third kappa shape index (κ3) is 6.66. The SMILES string of the molecule is CN(C)C(=O)c1cc2cnc(Nc3ccc(N4CC5CCC(CC4=O)N5C(=O)OC(C)(C)C)cn3)[nH]c-2c1-c1ccc(C(C)(C)C#N)cc1. The van der Waals surface area contributed by atoms with Gasteiger partial charge in [0.25, 0.3) is 5.91 Å². The van der Waals surface area contributed by atoms with E-state index in [-0.39, 0.29) is 36.4 Å². The van der Waals surface area contributed by atoms with Crippen LogP contribution in [0.4, 0.5) is 22.2 Å². The zero-order valence-corrected chi connectivity index (χ0v) is 29.0. The van der Waals surface area contributed by atoms with E-state index in [1.807, 2.05) is 71.0 Å². The van der Waals surface area contributed by atoms with Crippen molar-refractivity contribution in [3.05, 3.63) is 66.0 Å². The summed E-state index contributed by atoms with van der Waals surface area (Å²) in [4.78, 5) is 57.1. The number of rotatable bonds is 6. The Morgan fingerprint density at radius 3 is 2.35 bits per heavy atom. The highest BCUT2D eigenvalue weighted by atomic mass is 16.6. The molecule has 4 aliphatic rings. The van der Waals surface area contributed by atoms with Crippen molar-refractivity contribution >= 4 is 35.4 Å². The number of benzene rings is 1. The van der Waals surface area contributed by atoms with Gasteiger partial charge in [-0.3, -0.25) is 14.5 Å². The van der Waals surface area contributed by atoms with Crippen LogP contribution in [-0.2, 0) is 14.9 Å². The molecule has 4 heterocycles. The first-order valence-corrected chi connectivity index (χ1v) is 16.5. The molecular formula is C37H42N8O4. The van der Waals surface area contributed by atoms with Crippen LogP contribution < -0.4 is 10.2 Å². The van der Waals surface area contributed by atoms with Gasteiger partial charge in [-0.1, -0.05) is 24.3 Å². The fourth-order valence-electron chi connectivity index (χ4n) is 6.56. The average Bonchev–Trinajstić information content (AvgIpc) is 3.59. The maximum atomic E-state index is 13.3. The van der Waals surface area contributed by atoms with Crippen molar-refractivity contribution in [1.29, 1.82) is 5.26 Å². The number of aromatic nitrogens is 3. The van der Waals surface area contributed by atoms with Crippen molar-refractivity contribution in [3.8, 4) is 28.5 Å². The monoisotopic (exact) mass is 662 g/mol. The van der Waals surface area contributed by atoms with E-state index < -0.39 is 11.0 Å². The number of pyridine rings is 1. The minimum absolute atomic E-state index is 0.0558. The standard InChI is InChI=1S/C37H42N8O4/c1-36(2,3)49-35(48)45-25-12-13-27(45)20-44(30(46)17-25)26-14-15-29(39-19-26)41-34-40-18-23-16-28(33(47)43(6)7)31(32(23)42-34)22-8-10-24(11-9-22)37(4,5)21-38/h8-11,14-16,18-19,25,27H,12-13,17,20H2,1-7H3,(H2,39,40,41,42). The summed E-state index contributed by atoms with van der Waals surface area (Å²) in [6.07, 6.45) is 4.78. The number of carbonyl (C=O) groups is 3. The Morgan fingerprint density at radius 2 is 1.71 bits per heavy atom. The normalized spacial score (nSPS) is 17.9. The van der Waals surface area contributed by atoms with E-state index in [1.165, 1.54) is 4.90 Å². The van der Waals surface area contributed by atoms with Crippen molar-refractivity contribution in [2.45, 2.75) is 77.0 Å². The van der Waals surface area contributed by atoms with E-state index in [9.17, 15) is 19.6 Å². The molecule has 2 saturated heterocycles. The Hall–Kier alpha value is -5.44. The topological polar surface area (TPSA) is 148 Å². The van der Waals surface area contributed by atoms with E-state index in [0.717, 1.165) is 40.8 Å². The predicted molar refractivity (Wildman–Crippen MR) is 187 cm³/mol. The van der Waals surface area contributed by atoms with Gasteiger partial charge in [0.2, 0.25) is 11.9 Å². The number of anilines is 3. The van der Waals surface area contributed by atoms with Crippen LogP contribution in [0.25, 0.3) is 22.4 Å². The zero-order valence-electron chi connectivity index (χ0n) is 29.0. The lowest BCUT2D eigenvalue weighted by Crippen LogP contribution is -2.45. The molecular weight excluding hydrogens is 620 g/mol. The van der Waals surface area contributed by atoms with Crippen molar-refractivity contribution in [1.82, 2.24) is 24.8 Å². The van der Waals surface area contributed by atoms with E-state index in [4.69, 9.17) is 4.74 Å². The molecule has 2 fully saturated rings. The summed E-state index contributed by atoms with van der Waals surface area (Å²) >= 11 is 0. The van der Waals surface area contributed by atoms with Gasteiger partial charge < -0.3 is 24.8 Å². The van der Waals surface area contributed by atoms with Crippen LogP contribution in [0, 0.1) is 11.3 Å². The maximum Gasteiger partial charge on any atom is 0.410 e. The van der Waals surface area contributed by atoms with E-state index in [1.54, 1.807) is 42.4 Å². The number of H-pyrrole nitrogens is 1. The number of hydrogen-bond donors (Lipinski definition) is 2. The van der Waals surface area contributed by atoms with Crippen LogP contribution in [0.3, 0.4) is 0 Å². The number of carbonyl (C=O) groups excluding carboxylic acids is 3. The molecule has 1 aromatic heterocycles. The molecule has 0 spiro atoms. The number of nitrogens with one attached hydrogen (secondary N) is 2. The van der Waals surface area contributed by atoms with Crippen LogP contribution in [-0.4, -0.2) is 81.0 Å². The highest BCUT2D eigenvalue weighted by molar-refractivity contribution is 6.07. The Morgan fingerprint density at radius 1 is 1.00 bits per heavy atom. The summed E-state index contributed by atoms with van der Waals surface area (Å²) in [7, 11) is 3.43. The van der Waals surface area contributed by atoms with Crippen molar-refractivity contribution < 1.29 is 19.1 Å². The van der Waals surface area contributed by atoms with Gasteiger partial charge in [-0.05, 0) is 76.8 Å². The third-order valence-corrected chi connectivity index (χ3v) is 9.13. The quantitative estimate of drug-likeness (QED) is 0.244. The molecule has 2 bridgehead atoms. The highest BCUT2D eigenvalue weighted by Gasteiger charge is 2.44. The van der Waals surface area contributed by atoms with Crippen molar-refractivity contribution in [3.63, 3.8) is 0 Å². The molecule has 1 aliphatic carbocycles. The summed E-state index contributed by atoms with van der Waals surface area (Å²) < 4.78 is 5.66. The maximum absolute atomic E-state index is 13.3. The number of fused-ring (bicyclic) bond motifs is 3. The summed E-state index contributed by atoms with van der Waals surface area (Å²) in [5.41, 5.74) is 3.86. The van der Waals surface area contributed by atoms with Gasteiger partial charge in [-0.15, -0.1) is 0 Å². The largest absolute Gasteiger partial charge is 0.444 e. The number of ether oxygens (including phenoxy) is 1. The lowest BCUT2D eigenvalue weighted by molar-refractivity contribution is -0.119. The Labute approximate surface area is 286 Å². The fourth-order valence-corrected chi connectivity index (χ4v) is 6.56. The van der Waals surface area contributed by atoms with E-state index in [0.29, 0.717) is 29.6 Å². The predicted octanol–water partition coefficient (Wildman–Crippen LogP) is 6.33. The van der Waals surface area contributed by atoms with Gasteiger partial charge in [0, 0.05) is 50.4 Å². The number of amides is 3. The lowest BCUT2D eigenvalue weighted by atomic mass is 9.85. The first-order valence-electron chi connectivity index (χ1n) is 16.5. The second-order valence-electron chi connectivity index (χ2n) is 14.5. The summed E-state index contributed by atoms with van der Waals surface area (Å²) in [5.74, 6) is 0.728. The molecule has 2 atom stereocenters. The molecule has 1 aromatic carbocycles. The first kappa shape index (κ1) is 33.5. The summed E-state index contributed by atoms with van der Waals surface area (Å²) in [5, 5.41) is 12.8. The van der Waals surface area contributed by atoms with Crippen LogP contribution >= 0.6 is 0 Å². The van der Waals surface area contributed by atoms with Crippen molar-refractivity contribution in [2.75, 3.05) is 30.9 Å². The molecule has 12 heteroatoms. The van der Waals surface area contributed by atoms with Crippen molar-refractivity contribution in [2.24, 2.45) is 0 Å². The third-order valence-electron chi connectivity index (χ3n) is 9.13. The molecule has 254 valence electrons. The molecule has 0 radical (unpaired) electrons. The van der Waals surface area contributed by atoms with Gasteiger partial charge in [0.05, 0.1) is 40.7 Å². The minimum atomic E-state index is -0.648. The Balaban J connectivity index is 1.25. The van der Waals surface area contributed by atoms with Gasteiger partial charge in [-0.2, -0.15) is 5.26 Å². The van der Waals surface area contributed by atoms with Gasteiger partial charge >= 0.3 is 6.09 Å². The van der Waals surface area contributed by atoms with E-state index >= 15 is 0 Å². The highest BCUT2D eigenvalue weighted by Crippen LogP contribution is 2.40. The fraction of sp³-hybridized carbons (Fsp3) is 0.405. The summed E-state index contributed by atoms with van der Waals surface area (Å²) in [6.45, 7) is 9.64. The average molecular weight is 663 g/mol. The molecule has 6 rings (SSSR count). The van der Waals surface area contributed by atoms with Crippen LogP contribution in [0.2, 0.25) is 0 Å². The molecule has 2 unspecified atom stereocenters. The molecule has 2 aromatic rings. The van der Waals surface area contributed by atoms with Crippen LogP contribution in [0.15, 0.2) is 54.9 Å². The second kappa shape index (κ2) is 12.5. The second-order valence-corrected chi connectivity index (χ2v) is 14.5. The molecule has 2 N–H and O–H groups in total. The Bertz CT molecular complexity index is 1900. The molecule has 3 aliphatic heterocycles. The minimum Gasteiger partial charge on any atom is -0.444 e. The number of nitrogens with zero attached hydrogens (tertiary/aromatic N) is 6. The zero-order chi connectivity index (χ0) is 35.2. The van der Waals surface area contributed by atoms with Gasteiger partial charge in [-0.25, -0.2) is 14.8 Å². The van der Waals surface area contributed by atoms with Gasteiger partial charge in [0.1, 0.15) is 11.4 Å². The smallest absolute Gasteiger partial charge is 0.410 e. The van der Waals surface area contributed by atoms with Crippen LogP contribution in [0.5, 0.6) is 0 Å². The van der Waals surface area contributed by atoms with Crippen LogP contribution in [0.1, 0.15) is 69.8 Å². The molecule has 3 amide bonds. The molecule has 49 heavy (non-hydrogen) atoms. The molecule has 12 nitrogen and oxygen atoms in total. The lowest BCUT2D eigenvalue weighted by Gasteiger charge is -2.31. The van der Waals surface area contributed by atoms with E-state index in [2.05, 4.69) is 26.3 Å². The number of hydrogen-bond acceptors (Lipinski definition) is 8. The Kier molecular flexibility index (Phi) is 8.56. The number of nitriles is 1. The summed E-state index contributed by atoms with van der Waals surface area (Å²) in [6, 6.07) is 15.2. The first-order chi connectivity index (χ1) is 23.1.